The molecule has 4 aromatic rings. The largest absolute Gasteiger partial charge is 0.452 e. The number of ether oxygens (including phenoxy) is 1. The van der Waals surface area contributed by atoms with Crippen molar-refractivity contribution in [2.75, 3.05) is 13.2 Å². The zero-order chi connectivity index (χ0) is 21.9. The van der Waals surface area contributed by atoms with E-state index in [1.807, 2.05) is 60.7 Å². The van der Waals surface area contributed by atoms with E-state index in [9.17, 15) is 9.59 Å². The Bertz CT molecular complexity index is 1300. The van der Waals surface area contributed by atoms with Crippen molar-refractivity contribution >= 4 is 22.8 Å². The van der Waals surface area contributed by atoms with E-state index < -0.39 is 5.97 Å². The summed E-state index contributed by atoms with van der Waals surface area (Å²) in [4.78, 5) is 36.4. The molecule has 0 radical (unpaired) electrons. The fourth-order valence-corrected chi connectivity index (χ4v) is 3.99. The molecule has 0 atom stereocenters. The Labute approximate surface area is 185 Å². The molecule has 0 bridgehead atoms. The number of carbonyl (C=O) groups is 2. The maximum Gasteiger partial charge on any atom is 0.339 e. The van der Waals surface area contributed by atoms with Gasteiger partial charge in [-0.3, -0.25) is 9.78 Å². The molecular weight excluding hydrogens is 402 g/mol. The summed E-state index contributed by atoms with van der Waals surface area (Å²) in [6.45, 7) is 0.862. The van der Waals surface area contributed by atoms with Gasteiger partial charge in [0.25, 0.3) is 5.91 Å². The second-order valence-corrected chi connectivity index (χ2v) is 7.70. The maximum absolute atomic E-state index is 13.0. The van der Waals surface area contributed by atoms with Crippen molar-refractivity contribution in [3.8, 4) is 11.4 Å². The summed E-state index contributed by atoms with van der Waals surface area (Å²) in [5.41, 5.74) is 4.68. The molecule has 3 heterocycles. The third-order valence-corrected chi connectivity index (χ3v) is 5.67. The van der Waals surface area contributed by atoms with Crippen LogP contribution < -0.4 is 0 Å². The van der Waals surface area contributed by atoms with Crippen LogP contribution in [-0.4, -0.2) is 39.9 Å². The molecule has 0 saturated heterocycles. The summed E-state index contributed by atoms with van der Waals surface area (Å²) in [6, 6.07) is 22.7. The number of benzene rings is 2. The Morgan fingerprint density at radius 2 is 1.69 bits per heavy atom. The second kappa shape index (κ2) is 8.59. The molecule has 5 rings (SSSR count). The average molecular weight is 423 g/mol. The van der Waals surface area contributed by atoms with Crippen molar-refractivity contribution in [1.82, 2.24) is 14.9 Å². The van der Waals surface area contributed by atoms with Gasteiger partial charge in [0.2, 0.25) is 0 Å². The molecule has 0 aliphatic carbocycles. The van der Waals surface area contributed by atoms with E-state index in [0.717, 1.165) is 12.0 Å². The molecule has 0 N–H and O–H groups in total. The first-order valence-electron chi connectivity index (χ1n) is 10.5. The van der Waals surface area contributed by atoms with E-state index in [1.54, 1.807) is 17.2 Å². The first-order valence-corrected chi connectivity index (χ1v) is 10.5. The van der Waals surface area contributed by atoms with Crippen molar-refractivity contribution in [3.63, 3.8) is 0 Å². The van der Waals surface area contributed by atoms with Gasteiger partial charge in [0.05, 0.1) is 22.5 Å². The number of fused-ring (bicyclic) bond motifs is 2. The lowest BCUT2D eigenvalue weighted by Crippen LogP contribution is -2.38. The van der Waals surface area contributed by atoms with E-state index in [1.165, 1.54) is 5.56 Å². The minimum absolute atomic E-state index is 0.198. The topological polar surface area (TPSA) is 72.4 Å². The summed E-state index contributed by atoms with van der Waals surface area (Å²) in [7, 11) is 0. The third-order valence-electron chi connectivity index (χ3n) is 5.67. The average Bonchev–Trinajstić information content (AvgIpc) is 2.86. The van der Waals surface area contributed by atoms with E-state index >= 15 is 0 Å². The van der Waals surface area contributed by atoms with E-state index in [-0.39, 0.29) is 12.5 Å². The molecule has 1 aliphatic rings. The number of nitrogens with zero attached hydrogens (tertiary/aromatic N) is 3. The van der Waals surface area contributed by atoms with Crippen molar-refractivity contribution in [2.45, 2.75) is 13.0 Å². The Balaban J connectivity index is 1.35. The smallest absolute Gasteiger partial charge is 0.339 e. The van der Waals surface area contributed by atoms with E-state index in [0.29, 0.717) is 40.9 Å². The molecule has 0 fully saturated rings. The highest BCUT2D eigenvalue weighted by molar-refractivity contribution is 6.05. The zero-order valence-electron chi connectivity index (χ0n) is 17.4. The summed E-state index contributed by atoms with van der Waals surface area (Å²) in [5, 5.41) is 0.677. The number of rotatable bonds is 4. The Hall–Kier alpha value is -4.06. The van der Waals surface area contributed by atoms with Crippen LogP contribution in [0, 0.1) is 0 Å². The fourth-order valence-electron chi connectivity index (χ4n) is 3.99. The number of hydrogen-bond acceptors (Lipinski definition) is 5. The van der Waals surface area contributed by atoms with Crippen LogP contribution in [0.3, 0.4) is 0 Å². The Morgan fingerprint density at radius 3 is 2.53 bits per heavy atom. The quantitative estimate of drug-likeness (QED) is 0.463. The first-order chi connectivity index (χ1) is 15.7. The van der Waals surface area contributed by atoms with Gasteiger partial charge in [0.1, 0.15) is 0 Å². The van der Waals surface area contributed by atoms with Gasteiger partial charge in [-0.05, 0) is 41.8 Å². The molecule has 1 aliphatic heterocycles. The monoisotopic (exact) mass is 423 g/mol. The molecule has 6 heteroatoms. The summed E-state index contributed by atoms with van der Waals surface area (Å²) in [5.74, 6) is -0.747. The predicted molar refractivity (Wildman–Crippen MR) is 121 cm³/mol. The number of pyridine rings is 2. The highest BCUT2D eigenvalue weighted by Crippen LogP contribution is 2.24. The summed E-state index contributed by atoms with van der Waals surface area (Å²) < 4.78 is 5.45. The standard InChI is InChI=1S/C26H21N3O3/c30-25(29-14-12-18-7-1-2-8-19(18)16-29)17-32-26(31)21-15-24(23-11-5-6-13-27-23)28-22-10-4-3-9-20(21)22/h1-11,13,15H,12,14,16-17H2. The zero-order valence-corrected chi connectivity index (χ0v) is 17.4. The predicted octanol–water partition coefficient (Wildman–Crippen LogP) is 4.04. The molecule has 0 saturated carbocycles. The number of esters is 1. The third kappa shape index (κ3) is 3.95. The van der Waals surface area contributed by atoms with Gasteiger partial charge in [0, 0.05) is 24.7 Å². The van der Waals surface area contributed by atoms with Crippen molar-refractivity contribution in [1.29, 1.82) is 0 Å². The number of aromatic nitrogens is 2. The van der Waals surface area contributed by atoms with Crippen molar-refractivity contribution in [3.05, 3.63) is 95.7 Å². The van der Waals surface area contributed by atoms with Gasteiger partial charge in [-0.25, -0.2) is 9.78 Å². The van der Waals surface area contributed by atoms with Crippen LogP contribution in [0.25, 0.3) is 22.3 Å². The van der Waals surface area contributed by atoms with Crippen LogP contribution >= 0.6 is 0 Å². The minimum Gasteiger partial charge on any atom is -0.452 e. The van der Waals surface area contributed by atoms with Crippen LogP contribution in [0.4, 0.5) is 0 Å². The first kappa shape index (κ1) is 19.9. The van der Waals surface area contributed by atoms with E-state index in [4.69, 9.17) is 4.74 Å². The fraction of sp³-hybridized carbons (Fsp3) is 0.154. The van der Waals surface area contributed by atoms with Gasteiger partial charge >= 0.3 is 5.97 Å². The van der Waals surface area contributed by atoms with Gasteiger partial charge < -0.3 is 9.64 Å². The van der Waals surface area contributed by atoms with Crippen LogP contribution in [0.15, 0.2) is 79.0 Å². The summed E-state index contributed by atoms with van der Waals surface area (Å²) in [6.07, 6.45) is 2.48. The maximum atomic E-state index is 13.0. The molecule has 158 valence electrons. The van der Waals surface area contributed by atoms with Crippen molar-refractivity contribution in [2.24, 2.45) is 0 Å². The van der Waals surface area contributed by atoms with Gasteiger partial charge in [-0.2, -0.15) is 0 Å². The Kier molecular flexibility index (Phi) is 5.34. The number of para-hydroxylation sites is 1. The van der Waals surface area contributed by atoms with Gasteiger partial charge in [0.15, 0.2) is 6.61 Å². The lowest BCUT2D eigenvalue weighted by molar-refractivity contribution is -0.135. The Morgan fingerprint density at radius 1 is 0.906 bits per heavy atom. The van der Waals surface area contributed by atoms with Crippen LogP contribution in [0.1, 0.15) is 21.5 Å². The SMILES string of the molecule is O=C(OCC(=O)N1CCc2ccccc2C1)c1cc(-c2ccccn2)nc2ccccc12. The number of hydrogen-bond donors (Lipinski definition) is 0. The molecule has 1 amide bonds. The lowest BCUT2D eigenvalue weighted by Gasteiger charge is -2.28. The molecule has 0 spiro atoms. The molecular formula is C26H21N3O3. The van der Waals surface area contributed by atoms with Crippen LogP contribution in [0.2, 0.25) is 0 Å². The van der Waals surface area contributed by atoms with Crippen LogP contribution in [-0.2, 0) is 22.5 Å². The highest BCUT2D eigenvalue weighted by Gasteiger charge is 2.22. The molecule has 0 unspecified atom stereocenters. The number of amides is 1. The van der Waals surface area contributed by atoms with Gasteiger partial charge in [-0.15, -0.1) is 0 Å². The molecule has 32 heavy (non-hydrogen) atoms. The van der Waals surface area contributed by atoms with Crippen molar-refractivity contribution < 1.29 is 14.3 Å². The van der Waals surface area contributed by atoms with Gasteiger partial charge in [-0.1, -0.05) is 48.5 Å². The molecule has 2 aromatic heterocycles. The highest BCUT2D eigenvalue weighted by atomic mass is 16.5. The van der Waals surface area contributed by atoms with Crippen LogP contribution in [0.5, 0.6) is 0 Å². The second-order valence-electron chi connectivity index (χ2n) is 7.70. The molecule has 2 aromatic carbocycles. The lowest BCUT2D eigenvalue weighted by atomic mass is 10.00. The van der Waals surface area contributed by atoms with E-state index in [2.05, 4.69) is 16.0 Å². The minimum atomic E-state index is -0.549. The number of carbonyl (C=O) groups excluding carboxylic acids is 2. The molecule has 6 nitrogen and oxygen atoms in total. The normalized spacial score (nSPS) is 12.9. The summed E-state index contributed by atoms with van der Waals surface area (Å²) >= 11 is 0.